The van der Waals surface area contributed by atoms with E-state index in [2.05, 4.69) is 15.1 Å². The van der Waals surface area contributed by atoms with Crippen LogP contribution in [0.15, 0.2) is 34.3 Å². The van der Waals surface area contributed by atoms with E-state index >= 15 is 0 Å². The van der Waals surface area contributed by atoms with Gasteiger partial charge in [0.05, 0.1) is 16.3 Å². The van der Waals surface area contributed by atoms with Crippen LogP contribution in [0.5, 0.6) is 0 Å². The van der Waals surface area contributed by atoms with Crippen LogP contribution in [0.25, 0.3) is 0 Å². The molecule has 0 aliphatic carbocycles. The lowest BCUT2D eigenvalue weighted by Gasteiger charge is -2.24. The van der Waals surface area contributed by atoms with Crippen LogP contribution >= 0.6 is 0 Å². The summed E-state index contributed by atoms with van der Waals surface area (Å²) in [7, 11) is -2.03. The highest BCUT2D eigenvalue weighted by atomic mass is 32.2. The molecule has 2 aromatic rings. The minimum atomic E-state index is -3.48. The summed E-state index contributed by atoms with van der Waals surface area (Å²) in [4.78, 5) is 15.7. The minimum absolute atomic E-state index is 0.199. The maximum Gasteiger partial charge on any atom is 0.230 e. The maximum absolute atomic E-state index is 12.4. The Kier molecular flexibility index (Phi) is 5.97. The number of sulfone groups is 1. The molecular formula is C18H24N4O3S. The number of rotatable bonds is 6. The van der Waals surface area contributed by atoms with E-state index in [1.54, 1.807) is 24.0 Å². The Hall–Kier alpha value is -2.48. The molecule has 0 spiro atoms. The average Bonchev–Trinajstić information content (AvgIpc) is 2.54. The van der Waals surface area contributed by atoms with E-state index < -0.39 is 9.84 Å². The highest BCUT2D eigenvalue weighted by Crippen LogP contribution is 2.31. The first kappa shape index (κ1) is 19.8. The fraction of sp³-hybridized carbons (Fsp3) is 0.389. The van der Waals surface area contributed by atoms with Gasteiger partial charge in [-0.2, -0.15) is 0 Å². The quantitative estimate of drug-likeness (QED) is 0.569. The zero-order chi connectivity index (χ0) is 19.5. The topological polar surface area (TPSA) is 84.8 Å². The van der Waals surface area contributed by atoms with Crippen LogP contribution in [0.1, 0.15) is 30.8 Å². The molecule has 0 atom stereocenters. The van der Waals surface area contributed by atoms with Crippen LogP contribution in [0, 0.1) is 13.8 Å². The number of anilines is 2. The third-order valence-corrected chi connectivity index (χ3v) is 4.95. The van der Waals surface area contributed by atoms with E-state index in [0.717, 1.165) is 11.4 Å². The zero-order valence-electron chi connectivity index (χ0n) is 15.9. The van der Waals surface area contributed by atoms with Gasteiger partial charge in [0.15, 0.2) is 9.84 Å². The summed E-state index contributed by atoms with van der Waals surface area (Å²) in [5.41, 5.74) is 3.45. The van der Waals surface area contributed by atoms with Gasteiger partial charge in [-0.25, -0.2) is 18.4 Å². The minimum Gasteiger partial charge on any atom is -0.399 e. The monoisotopic (exact) mass is 376 g/mol. The Morgan fingerprint density at radius 3 is 2.31 bits per heavy atom. The molecule has 140 valence electrons. The van der Waals surface area contributed by atoms with Gasteiger partial charge in [0.2, 0.25) is 5.95 Å². The van der Waals surface area contributed by atoms with Crippen molar-refractivity contribution >= 4 is 27.2 Å². The average molecular weight is 376 g/mol. The van der Waals surface area contributed by atoms with Gasteiger partial charge in [0.25, 0.3) is 0 Å². The van der Waals surface area contributed by atoms with Crippen molar-refractivity contribution in [1.82, 2.24) is 9.97 Å². The van der Waals surface area contributed by atoms with Crippen LogP contribution in [0.2, 0.25) is 0 Å². The van der Waals surface area contributed by atoms with Gasteiger partial charge in [0.1, 0.15) is 7.11 Å². The first-order valence-electron chi connectivity index (χ1n) is 8.19. The summed E-state index contributed by atoms with van der Waals surface area (Å²) in [6.45, 7) is 7.98. The van der Waals surface area contributed by atoms with Gasteiger partial charge in [-0.3, -0.25) is 0 Å². The summed E-state index contributed by atoms with van der Waals surface area (Å²) in [5, 5.41) is 3.88. The highest BCUT2D eigenvalue weighted by molar-refractivity contribution is 7.90. The predicted octanol–water partition coefficient (Wildman–Crippen LogP) is 3.03. The number of hydrogen-bond acceptors (Lipinski definition) is 7. The molecule has 2 rings (SSSR count). The third-order valence-electron chi connectivity index (χ3n) is 3.82. The molecule has 0 radical (unpaired) electrons. The number of aromatic nitrogens is 2. The molecular weight excluding hydrogens is 352 g/mol. The number of hydrogen-bond donors (Lipinski definition) is 0. The largest absolute Gasteiger partial charge is 0.399 e. The highest BCUT2D eigenvalue weighted by Gasteiger charge is 2.21. The van der Waals surface area contributed by atoms with Crippen molar-refractivity contribution in [2.45, 2.75) is 32.6 Å². The van der Waals surface area contributed by atoms with E-state index in [9.17, 15) is 8.42 Å². The normalized spacial score (nSPS) is 12.2. The van der Waals surface area contributed by atoms with Crippen LogP contribution in [0.4, 0.5) is 11.6 Å². The van der Waals surface area contributed by atoms with E-state index in [-0.39, 0.29) is 4.90 Å². The van der Waals surface area contributed by atoms with Crippen LogP contribution in [-0.4, -0.2) is 44.0 Å². The fourth-order valence-electron chi connectivity index (χ4n) is 2.70. The Bertz CT molecular complexity index is 919. The Labute approximate surface area is 154 Å². The number of oxime groups is 1. The van der Waals surface area contributed by atoms with Gasteiger partial charge in [0, 0.05) is 29.8 Å². The van der Waals surface area contributed by atoms with Crippen LogP contribution in [-0.2, 0) is 14.7 Å². The number of nitrogens with zero attached hydrogens (tertiary/aromatic N) is 4. The van der Waals surface area contributed by atoms with E-state index in [4.69, 9.17) is 4.84 Å². The molecule has 0 amide bonds. The molecule has 7 nitrogen and oxygen atoms in total. The van der Waals surface area contributed by atoms with Crippen molar-refractivity contribution in [1.29, 1.82) is 0 Å². The summed E-state index contributed by atoms with van der Waals surface area (Å²) in [5.74, 6) is 0.477. The van der Waals surface area contributed by atoms with Gasteiger partial charge in [-0.05, 0) is 45.9 Å². The molecule has 0 fully saturated rings. The van der Waals surface area contributed by atoms with Crippen molar-refractivity contribution < 1.29 is 13.3 Å². The second-order valence-corrected chi connectivity index (χ2v) is 7.99. The van der Waals surface area contributed by atoms with E-state index in [0.29, 0.717) is 29.5 Å². The smallest absolute Gasteiger partial charge is 0.230 e. The predicted molar refractivity (Wildman–Crippen MR) is 103 cm³/mol. The van der Waals surface area contributed by atoms with Crippen molar-refractivity contribution in [2.24, 2.45) is 5.16 Å². The molecule has 1 aromatic carbocycles. The first-order chi connectivity index (χ1) is 12.2. The summed E-state index contributed by atoms with van der Waals surface area (Å²) in [6.07, 6.45) is 1.19. The lowest BCUT2D eigenvalue weighted by molar-refractivity contribution is 0.213. The molecule has 26 heavy (non-hydrogen) atoms. The molecule has 0 aliphatic rings. The Morgan fingerprint density at radius 2 is 1.81 bits per heavy atom. The second kappa shape index (κ2) is 7.82. The number of benzene rings is 1. The van der Waals surface area contributed by atoms with E-state index in [1.165, 1.54) is 13.4 Å². The lowest BCUT2D eigenvalue weighted by atomic mass is 10.1. The third kappa shape index (κ3) is 4.37. The zero-order valence-corrected chi connectivity index (χ0v) is 16.8. The summed E-state index contributed by atoms with van der Waals surface area (Å²) < 4.78 is 24.9. The standard InChI is InChI=1S/C18H24N4O3S/c1-7-22(18-19-12(2)10-13(3)20-18)16-9-8-15(14(4)21-25-5)11-17(16)26(6,23)24/h8-11H,7H2,1-6H3/b21-14+. The molecule has 0 saturated heterocycles. The molecule has 0 aliphatic heterocycles. The van der Waals surface area contributed by atoms with Gasteiger partial charge < -0.3 is 9.74 Å². The Balaban J connectivity index is 2.68. The number of aryl methyl sites for hydroxylation is 2. The second-order valence-electron chi connectivity index (χ2n) is 6.01. The van der Waals surface area contributed by atoms with Gasteiger partial charge in [-0.15, -0.1) is 0 Å². The van der Waals surface area contributed by atoms with Crippen molar-refractivity contribution in [3.05, 3.63) is 41.2 Å². The molecule has 1 heterocycles. The van der Waals surface area contributed by atoms with Gasteiger partial charge in [-0.1, -0.05) is 11.2 Å². The first-order valence-corrected chi connectivity index (χ1v) is 10.1. The molecule has 8 heteroatoms. The maximum atomic E-state index is 12.4. The fourth-order valence-corrected chi connectivity index (χ4v) is 3.60. The Morgan fingerprint density at radius 1 is 1.19 bits per heavy atom. The van der Waals surface area contributed by atoms with Crippen molar-refractivity contribution in [3.63, 3.8) is 0 Å². The SMILES string of the molecule is CCN(c1nc(C)cc(C)n1)c1ccc(/C(C)=N/OC)cc1S(C)(=O)=O. The summed E-state index contributed by atoms with van der Waals surface area (Å²) >= 11 is 0. The van der Waals surface area contributed by atoms with E-state index in [1.807, 2.05) is 32.9 Å². The van der Waals surface area contributed by atoms with Crippen LogP contribution in [0.3, 0.4) is 0 Å². The summed E-state index contributed by atoms with van der Waals surface area (Å²) in [6, 6.07) is 7.05. The molecule has 0 unspecified atom stereocenters. The molecule has 0 saturated carbocycles. The molecule has 0 N–H and O–H groups in total. The molecule has 1 aromatic heterocycles. The van der Waals surface area contributed by atoms with Crippen molar-refractivity contribution in [3.8, 4) is 0 Å². The van der Waals surface area contributed by atoms with Crippen LogP contribution < -0.4 is 4.90 Å². The lowest BCUT2D eigenvalue weighted by Crippen LogP contribution is -2.22. The van der Waals surface area contributed by atoms with Gasteiger partial charge >= 0.3 is 0 Å². The molecule has 0 bridgehead atoms. The van der Waals surface area contributed by atoms with Crippen molar-refractivity contribution in [2.75, 3.05) is 24.8 Å².